The maximum Gasteiger partial charge on any atom is 0.321 e. The van der Waals surface area contributed by atoms with Gasteiger partial charge in [-0.25, -0.2) is 8.42 Å². The smallest absolute Gasteiger partial charge is 0.321 e. The van der Waals surface area contributed by atoms with Crippen LogP contribution in [0.2, 0.25) is 0 Å². The number of halogens is 1. The quantitative estimate of drug-likeness (QED) is 0.577. The molecule has 5 atom stereocenters. The second kappa shape index (κ2) is 5.35. The van der Waals surface area contributed by atoms with Gasteiger partial charge in [0, 0.05) is 6.04 Å². The molecule has 1 heterocycles. The van der Waals surface area contributed by atoms with Crippen LogP contribution in [0.5, 0.6) is 0 Å². The van der Waals surface area contributed by atoms with Crippen molar-refractivity contribution in [2.45, 2.75) is 68.4 Å². The van der Waals surface area contributed by atoms with Crippen LogP contribution in [-0.4, -0.2) is 48.0 Å². The number of alkyl halides is 1. The number of carbonyl (C=O) groups excluding carboxylic acids is 1. The van der Waals surface area contributed by atoms with E-state index in [2.05, 4.69) is 0 Å². The number of hydrogen-bond donors (Lipinski definition) is 0. The Morgan fingerprint density at radius 2 is 1.91 bits per heavy atom. The van der Waals surface area contributed by atoms with E-state index in [9.17, 15) is 13.2 Å². The molecule has 4 aliphatic rings. The maximum atomic E-state index is 13.0. The van der Waals surface area contributed by atoms with Crippen LogP contribution in [0.4, 0.5) is 0 Å². The molecule has 0 amide bonds. The molecule has 3 saturated carbocycles. The molecule has 5 nitrogen and oxygen atoms in total. The molecule has 1 aliphatic heterocycles. The SMILES string of the molecule is O=C(CCl)OC1C2CC3C1N(C1CCCCC1)S(=O)(=O)C3C2. The summed E-state index contributed by atoms with van der Waals surface area (Å²) in [6.07, 6.45) is 6.49. The van der Waals surface area contributed by atoms with E-state index >= 15 is 0 Å². The summed E-state index contributed by atoms with van der Waals surface area (Å²) in [5.74, 6) is -0.260. The molecular formula is C15H22ClNO4S. The topological polar surface area (TPSA) is 63.7 Å². The molecule has 22 heavy (non-hydrogen) atoms. The summed E-state index contributed by atoms with van der Waals surface area (Å²) in [5, 5.41) is -0.240. The third-order valence-electron chi connectivity index (χ3n) is 6.11. The van der Waals surface area contributed by atoms with Gasteiger partial charge in [-0.15, -0.1) is 11.6 Å². The Kier molecular flexibility index (Phi) is 3.70. The average Bonchev–Trinajstić information content (AvgIpc) is 3.12. The minimum absolute atomic E-state index is 0.102. The Hall–Kier alpha value is -0.330. The summed E-state index contributed by atoms with van der Waals surface area (Å²) in [7, 11) is -3.24. The molecule has 124 valence electrons. The average molecular weight is 348 g/mol. The highest BCUT2D eigenvalue weighted by Gasteiger charge is 2.68. The third kappa shape index (κ3) is 2.06. The molecule has 2 bridgehead atoms. The normalized spacial score (nSPS) is 43.6. The maximum absolute atomic E-state index is 13.0. The fraction of sp³-hybridized carbons (Fsp3) is 0.933. The summed E-state index contributed by atoms with van der Waals surface area (Å²) >= 11 is 5.57. The van der Waals surface area contributed by atoms with Crippen molar-refractivity contribution >= 4 is 27.6 Å². The summed E-state index contributed by atoms with van der Waals surface area (Å²) < 4.78 is 33.3. The number of esters is 1. The van der Waals surface area contributed by atoms with Gasteiger partial charge in [0.1, 0.15) is 12.0 Å². The molecule has 0 spiro atoms. The van der Waals surface area contributed by atoms with Crippen molar-refractivity contribution in [3.05, 3.63) is 0 Å². The van der Waals surface area contributed by atoms with Crippen LogP contribution < -0.4 is 0 Å². The lowest BCUT2D eigenvalue weighted by atomic mass is 9.89. The van der Waals surface area contributed by atoms with Gasteiger partial charge in [0.15, 0.2) is 0 Å². The molecule has 0 aromatic rings. The molecule has 0 N–H and O–H groups in total. The largest absolute Gasteiger partial charge is 0.459 e. The van der Waals surface area contributed by atoms with Gasteiger partial charge in [-0.2, -0.15) is 4.31 Å². The van der Waals surface area contributed by atoms with Gasteiger partial charge in [-0.3, -0.25) is 4.79 Å². The van der Waals surface area contributed by atoms with Crippen molar-refractivity contribution in [2.24, 2.45) is 11.8 Å². The molecular weight excluding hydrogens is 326 g/mol. The standard InChI is InChI=1S/C15H22ClNO4S/c16-8-13(18)21-15-9-6-11-12(7-9)22(19,20)17(14(11)15)10-4-2-1-3-5-10/h9-12,14-15H,1-8H2. The van der Waals surface area contributed by atoms with Crippen LogP contribution in [-0.2, 0) is 19.6 Å². The van der Waals surface area contributed by atoms with Crippen molar-refractivity contribution in [1.82, 2.24) is 4.31 Å². The fourth-order valence-corrected chi connectivity index (χ4v) is 8.18. The van der Waals surface area contributed by atoms with Crippen molar-refractivity contribution in [3.63, 3.8) is 0 Å². The molecule has 0 aromatic carbocycles. The molecule has 1 saturated heterocycles. The van der Waals surface area contributed by atoms with Crippen LogP contribution in [0.3, 0.4) is 0 Å². The minimum atomic E-state index is -3.24. The predicted molar refractivity (Wildman–Crippen MR) is 82.0 cm³/mol. The zero-order chi connectivity index (χ0) is 15.5. The number of ether oxygens (including phenoxy) is 1. The number of rotatable bonds is 3. The summed E-state index contributed by atoms with van der Waals surface area (Å²) in [6.45, 7) is 0. The molecule has 3 aliphatic carbocycles. The number of fused-ring (bicyclic) bond motifs is 1. The zero-order valence-electron chi connectivity index (χ0n) is 12.5. The van der Waals surface area contributed by atoms with Gasteiger partial charge in [-0.1, -0.05) is 19.3 Å². The fourth-order valence-electron chi connectivity index (χ4n) is 5.36. The van der Waals surface area contributed by atoms with Crippen molar-refractivity contribution < 1.29 is 17.9 Å². The van der Waals surface area contributed by atoms with Crippen LogP contribution in [0.25, 0.3) is 0 Å². The molecule has 5 unspecified atom stereocenters. The van der Waals surface area contributed by atoms with Gasteiger partial charge in [-0.05, 0) is 37.5 Å². The summed E-state index contributed by atoms with van der Waals surface area (Å²) in [6, 6.07) is -0.0330. The van der Waals surface area contributed by atoms with Gasteiger partial charge in [0.2, 0.25) is 10.0 Å². The summed E-state index contributed by atoms with van der Waals surface area (Å²) in [5.41, 5.74) is 0. The summed E-state index contributed by atoms with van der Waals surface area (Å²) in [4.78, 5) is 11.6. The third-order valence-corrected chi connectivity index (χ3v) is 8.76. The highest BCUT2D eigenvalue weighted by molar-refractivity contribution is 7.90. The van der Waals surface area contributed by atoms with E-state index in [4.69, 9.17) is 16.3 Å². The van der Waals surface area contributed by atoms with E-state index in [1.54, 1.807) is 4.31 Å². The highest BCUT2D eigenvalue weighted by Crippen LogP contribution is 2.58. The monoisotopic (exact) mass is 347 g/mol. The minimum Gasteiger partial charge on any atom is -0.459 e. The van der Waals surface area contributed by atoms with Gasteiger partial charge in [0.05, 0.1) is 11.3 Å². The first kappa shape index (κ1) is 15.2. The van der Waals surface area contributed by atoms with E-state index < -0.39 is 16.0 Å². The second-order valence-corrected chi connectivity index (χ2v) is 9.50. The molecule has 4 rings (SSSR count). The van der Waals surface area contributed by atoms with Crippen LogP contribution in [0.1, 0.15) is 44.9 Å². The van der Waals surface area contributed by atoms with Crippen molar-refractivity contribution in [2.75, 3.05) is 5.88 Å². The van der Waals surface area contributed by atoms with E-state index in [0.717, 1.165) is 32.1 Å². The molecule has 7 heteroatoms. The highest BCUT2D eigenvalue weighted by atomic mass is 35.5. The van der Waals surface area contributed by atoms with Gasteiger partial charge >= 0.3 is 5.97 Å². The Morgan fingerprint density at radius 3 is 2.59 bits per heavy atom. The Labute approximate surface area is 136 Å². The second-order valence-electron chi connectivity index (χ2n) is 7.18. The van der Waals surface area contributed by atoms with E-state index in [-0.39, 0.29) is 41.2 Å². The number of nitrogens with zero attached hydrogens (tertiary/aromatic N) is 1. The van der Waals surface area contributed by atoms with Gasteiger partial charge < -0.3 is 4.74 Å². The number of sulfonamides is 1. The zero-order valence-corrected chi connectivity index (χ0v) is 14.1. The molecule has 0 radical (unpaired) electrons. The van der Waals surface area contributed by atoms with Gasteiger partial charge in [0.25, 0.3) is 0 Å². The lowest BCUT2D eigenvalue weighted by molar-refractivity contribution is -0.151. The number of hydrogen-bond acceptors (Lipinski definition) is 4. The molecule has 4 fully saturated rings. The van der Waals surface area contributed by atoms with Crippen molar-refractivity contribution in [3.8, 4) is 0 Å². The Balaban J connectivity index is 1.66. The Bertz CT molecular complexity index is 574. The number of carbonyl (C=O) groups is 1. The van der Waals surface area contributed by atoms with Crippen LogP contribution in [0.15, 0.2) is 0 Å². The van der Waals surface area contributed by atoms with Crippen LogP contribution in [0, 0.1) is 11.8 Å². The Morgan fingerprint density at radius 1 is 1.18 bits per heavy atom. The van der Waals surface area contributed by atoms with E-state index in [1.807, 2.05) is 0 Å². The van der Waals surface area contributed by atoms with Crippen molar-refractivity contribution in [1.29, 1.82) is 0 Å². The first-order valence-electron chi connectivity index (χ1n) is 8.32. The van der Waals surface area contributed by atoms with E-state index in [1.165, 1.54) is 6.42 Å². The predicted octanol–water partition coefficient (Wildman–Crippen LogP) is 1.89. The lowest BCUT2D eigenvalue weighted by Gasteiger charge is -2.36. The lowest BCUT2D eigenvalue weighted by Crippen LogP contribution is -2.49. The first-order chi connectivity index (χ1) is 10.5. The first-order valence-corrected chi connectivity index (χ1v) is 10.4. The van der Waals surface area contributed by atoms with Crippen LogP contribution >= 0.6 is 11.6 Å². The van der Waals surface area contributed by atoms with E-state index in [0.29, 0.717) is 6.42 Å². The molecule has 0 aromatic heterocycles.